The van der Waals surface area contributed by atoms with Gasteiger partial charge in [-0.3, -0.25) is 4.79 Å². The maximum absolute atomic E-state index is 12.4. The zero-order valence-corrected chi connectivity index (χ0v) is 12.0. The lowest BCUT2D eigenvalue weighted by Crippen LogP contribution is -2.33. The highest BCUT2D eigenvalue weighted by molar-refractivity contribution is 7.16. The monoisotopic (exact) mass is 254 g/mol. The minimum absolute atomic E-state index is 0.0908. The summed E-state index contributed by atoms with van der Waals surface area (Å²) in [6.07, 6.45) is 1.96. The molecule has 0 aliphatic heterocycles. The molecule has 3 nitrogen and oxygen atoms in total. The molecule has 96 valence electrons. The first kappa shape index (κ1) is 14.0. The molecule has 0 aliphatic rings. The van der Waals surface area contributed by atoms with Gasteiger partial charge in [0.1, 0.15) is 0 Å². The van der Waals surface area contributed by atoms with E-state index in [1.165, 1.54) is 11.3 Å². The Labute approximate surface area is 108 Å². The van der Waals surface area contributed by atoms with Crippen LogP contribution in [0, 0.1) is 13.8 Å². The SMILES string of the molecule is CCCN(CCC)C(=O)c1c(N)sc(C)c1C. The zero-order valence-electron chi connectivity index (χ0n) is 11.2. The average molecular weight is 254 g/mol. The first-order chi connectivity index (χ1) is 8.02. The third kappa shape index (κ3) is 3.00. The average Bonchev–Trinajstić information content (AvgIpc) is 2.52. The minimum atomic E-state index is 0.0908. The van der Waals surface area contributed by atoms with Crippen LogP contribution in [0.25, 0.3) is 0 Å². The largest absolute Gasteiger partial charge is 0.390 e. The molecule has 0 radical (unpaired) electrons. The smallest absolute Gasteiger partial charge is 0.257 e. The molecule has 1 aromatic rings. The van der Waals surface area contributed by atoms with Crippen LogP contribution < -0.4 is 5.73 Å². The lowest BCUT2D eigenvalue weighted by molar-refractivity contribution is 0.0756. The number of nitrogens with two attached hydrogens (primary N) is 1. The number of thiophene rings is 1. The number of rotatable bonds is 5. The van der Waals surface area contributed by atoms with E-state index in [0.29, 0.717) is 5.00 Å². The number of carbonyl (C=O) groups excluding carboxylic acids is 1. The molecular formula is C13H22N2OS. The second-order valence-corrected chi connectivity index (χ2v) is 5.57. The van der Waals surface area contributed by atoms with Gasteiger partial charge < -0.3 is 10.6 Å². The van der Waals surface area contributed by atoms with E-state index in [1.807, 2.05) is 18.7 Å². The molecule has 0 saturated carbocycles. The predicted octanol–water partition coefficient (Wildman–Crippen LogP) is 3.21. The quantitative estimate of drug-likeness (QED) is 0.877. The Morgan fingerprint density at radius 1 is 1.24 bits per heavy atom. The van der Waals surface area contributed by atoms with E-state index in [9.17, 15) is 4.79 Å². The Hall–Kier alpha value is -1.03. The van der Waals surface area contributed by atoms with Crippen molar-refractivity contribution in [1.82, 2.24) is 4.90 Å². The summed E-state index contributed by atoms with van der Waals surface area (Å²) in [7, 11) is 0. The van der Waals surface area contributed by atoms with Gasteiger partial charge in [-0.2, -0.15) is 0 Å². The van der Waals surface area contributed by atoms with Crippen LogP contribution in [0.5, 0.6) is 0 Å². The van der Waals surface area contributed by atoms with Crippen LogP contribution >= 0.6 is 11.3 Å². The first-order valence-corrected chi connectivity index (χ1v) is 6.99. The van der Waals surface area contributed by atoms with Gasteiger partial charge in [0.05, 0.1) is 10.6 Å². The maximum Gasteiger partial charge on any atom is 0.257 e. The summed E-state index contributed by atoms with van der Waals surface area (Å²) in [4.78, 5) is 15.5. The Morgan fingerprint density at radius 3 is 2.12 bits per heavy atom. The number of anilines is 1. The normalized spacial score (nSPS) is 10.6. The number of hydrogen-bond acceptors (Lipinski definition) is 3. The highest BCUT2D eigenvalue weighted by Crippen LogP contribution is 2.30. The third-order valence-corrected chi connectivity index (χ3v) is 3.94. The fourth-order valence-corrected chi connectivity index (χ4v) is 2.86. The minimum Gasteiger partial charge on any atom is -0.390 e. The van der Waals surface area contributed by atoms with Crippen LogP contribution in [-0.2, 0) is 0 Å². The molecule has 17 heavy (non-hydrogen) atoms. The van der Waals surface area contributed by atoms with Crippen LogP contribution in [0.1, 0.15) is 47.5 Å². The summed E-state index contributed by atoms with van der Waals surface area (Å²) < 4.78 is 0. The van der Waals surface area contributed by atoms with E-state index in [-0.39, 0.29) is 5.91 Å². The van der Waals surface area contributed by atoms with Gasteiger partial charge in [0.2, 0.25) is 0 Å². The second-order valence-electron chi connectivity index (χ2n) is 4.31. The van der Waals surface area contributed by atoms with E-state index in [2.05, 4.69) is 13.8 Å². The van der Waals surface area contributed by atoms with Crippen molar-refractivity contribution in [2.75, 3.05) is 18.8 Å². The lowest BCUT2D eigenvalue weighted by atomic mass is 10.1. The fraction of sp³-hybridized carbons (Fsp3) is 0.615. The molecule has 2 N–H and O–H groups in total. The van der Waals surface area contributed by atoms with Crippen molar-refractivity contribution >= 4 is 22.2 Å². The van der Waals surface area contributed by atoms with Crippen molar-refractivity contribution in [3.05, 3.63) is 16.0 Å². The summed E-state index contributed by atoms with van der Waals surface area (Å²) in [5.74, 6) is 0.0908. The van der Waals surface area contributed by atoms with Crippen molar-refractivity contribution in [1.29, 1.82) is 0 Å². The summed E-state index contributed by atoms with van der Waals surface area (Å²) in [5.41, 5.74) is 7.70. The van der Waals surface area contributed by atoms with Gasteiger partial charge in [-0.25, -0.2) is 0 Å². The molecule has 0 fully saturated rings. The second kappa shape index (κ2) is 6.05. The Morgan fingerprint density at radius 2 is 1.76 bits per heavy atom. The predicted molar refractivity (Wildman–Crippen MR) is 74.7 cm³/mol. The van der Waals surface area contributed by atoms with Gasteiger partial charge >= 0.3 is 0 Å². The molecular weight excluding hydrogens is 232 g/mol. The van der Waals surface area contributed by atoms with E-state index in [1.54, 1.807) is 0 Å². The summed E-state index contributed by atoms with van der Waals surface area (Å²) in [6.45, 7) is 9.78. The van der Waals surface area contributed by atoms with Crippen LogP contribution in [-0.4, -0.2) is 23.9 Å². The molecule has 0 atom stereocenters. The summed E-state index contributed by atoms with van der Waals surface area (Å²) >= 11 is 1.51. The van der Waals surface area contributed by atoms with Crippen LogP contribution in [0.4, 0.5) is 5.00 Å². The van der Waals surface area contributed by atoms with Gasteiger partial charge in [0.25, 0.3) is 5.91 Å². The van der Waals surface area contributed by atoms with E-state index < -0.39 is 0 Å². The van der Waals surface area contributed by atoms with E-state index in [4.69, 9.17) is 5.73 Å². The van der Waals surface area contributed by atoms with Crippen molar-refractivity contribution in [3.63, 3.8) is 0 Å². The number of aryl methyl sites for hydroxylation is 1. The highest BCUT2D eigenvalue weighted by Gasteiger charge is 2.22. The number of amides is 1. The molecule has 0 spiro atoms. The molecule has 0 bridgehead atoms. The number of nitrogen functional groups attached to an aromatic ring is 1. The Balaban J connectivity index is 3.00. The molecule has 0 aliphatic carbocycles. The van der Waals surface area contributed by atoms with Crippen LogP contribution in [0.2, 0.25) is 0 Å². The maximum atomic E-state index is 12.4. The van der Waals surface area contributed by atoms with Gasteiger partial charge in [-0.1, -0.05) is 13.8 Å². The lowest BCUT2D eigenvalue weighted by Gasteiger charge is -2.21. The standard InChI is InChI=1S/C13H22N2OS/c1-5-7-15(8-6-2)13(16)11-9(3)10(4)17-12(11)14/h5-8,14H2,1-4H3. The van der Waals surface area contributed by atoms with Crippen LogP contribution in [0.3, 0.4) is 0 Å². The highest BCUT2D eigenvalue weighted by atomic mass is 32.1. The molecule has 0 unspecified atom stereocenters. The number of nitrogens with zero attached hydrogens (tertiary/aromatic N) is 1. The summed E-state index contributed by atoms with van der Waals surface area (Å²) in [6, 6.07) is 0. The number of carbonyl (C=O) groups is 1. The van der Waals surface area contributed by atoms with Gasteiger partial charge in [0.15, 0.2) is 0 Å². The van der Waals surface area contributed by atoms with E-state index in [0.717, 1.165) is 41.9 Å². The van der Waals surface area contributed by atoms with Gasteiger partial charge in [0, 0.05) is 18.0 Å². The van der Waals surface area contributed by atoms with Crippen LogP contribution in [0.15, 0.2) is 0 Å². The summed E-state index contributed by atoms with van der Waals surface area (Å²) in [5, 5.41) is 0.655. The van der Waals surface area contributed by atoms with Crippen molar-refractivity contribution in [3.8, 4) is 0 Å². The first-order valence-electron chi connectivity index (χ1n) is 6.17. The van der Waals surface area contributed by atoms with Crippen molar-refractivity contribution in [2.24, 2.45) is 0 Å². The molecule has 1 heterocycles. The Bertz CT molecular complexity index is 392. The fourth-order valence-electron chi connectivity index (χ4n) is 1.93. The molecule has 1 amide bonds. The van der Waals surface area contributed by atoms with Crippen molar-refractivity contribution < 1.29 is 4.79 Å². The molecule has 1 aromatic heterocycles. The number of hydrogen-bond donors (Lipinski definition) is 1. The van der Waals surface area contributed by atoms with E-state index >= 15 is 0 Å². The Kier molecular flexibility index (Phi) is 5.00. The van der Waals surface area contributed by atoms with Crippen molar-refractivity contribution in [2.45, 2.75) is 40.5 Å². The zero-order chi connectivity index (χ0) is 13.0. The third-order valence-electron chi connectivity index (χ3n) is 2.90. The van der Waals surface area contributed by atoms with Gasteiger partial charge in [-0.05, 0) is 32.3 Å². The molecule has 4 heteroatoms. The topological polar surface area (TPSA) is 46.3 Å². The molecule has 1 rings (SSSR count). The van der Waals surface area contributed by atoms with Gasteiger partial charge in [-0.15, -0.1) is 11.3 Å². The molecule has 0 saturated heterocycles. The molecule has 0 aromatic carbocycles.